The number of rotatable bonds is 4. The van der Waals surface area contributed by atoms with E-state index in [0.717, 1.165) is 0 Å². The van der Waals surface area contributed by atoms with Crippen molar-refractivity contribution in [3.63, 3.8) is 0 Å². The predicted molar refractivity (Wildman–Crippen MR) is 91.7 cm³/mol. The quantitative estimate of drug-likeness (QED) is 0.530. The Labute approximate surface area is 149 Å². The highest BCUT2D eigenvalue weighted by Gasteiger charge is 2.38. The van der Waals surface area contributed by atoms with E-state index < -0.39 is 29.3 Å². The van der Waals surface area contributed by atoms with E-state index in [1.54, 1.807) is 0 Å². The highest BCUT2D eigenvalue weighted by Crippen LogP contribution is 2.47. The molecule has 1 heterocycles. The molecule has 138 valence electrons. The van der Waals surface area contributed by atoms with Gasteiger partial charge in [-0.2, -0.15) is 0 Å². The summed E-state index contributed by atoms with van der Waals surface area (Å²) >= 11 is 0. The fraction of sp³-hybridized carbons (Fsp3) is 0.316. The topological polar surface area (TPSA) is 127 Å². The molecular formula is C19H20O7. The molecule has 3 rings (SSSR count). The van der Waals surface area contributed by atoms with Crippen molar-refractivity contribution in [2.75, 3.05) is 0 Å². The van der Waals surface area contributed by atoms with Crippen molar-refractivity contribution in [1.29, 1.82) is 0 Å². The molecule has 0 bridgehead atoms. The number of phenols is 5. The predicted octanol–water partition coefficient (Wildman–Crippen LogP) is 2.88. The summed E-state index contributed by atoms with van der Waals surface area (Å²) in [6, 6.07) is 4.96. The minimum absolute atomic E-state index is 0.0809. The zero-order valence-electron chi connectivity index (χ0n) is 14.1. The van der Waals surface area contributed by atoms with E-state index in [1.165, 1.54) is 24.3 Å². The second kappa shape index (κ2) is 6.67. The van der Waals surface area contributed by atoms with Crippen LogP contribution in [-0.2, 0) is 11.2 Å². The Kier molecular flexibility index (Phi) is 4.54. The number of ether oxygens (including phenoxy) is 1. The van der Waals surface area contributed by atoms with E-state index in [2.05, 4.69) is 0 Å². The van der Waals surface area contributed by atoms with Gasteiger partial charge in [0.05, 0.1) is 5.92 Å². The van der Waals surface area contributed by atoms with Crippen LogP contribution in [0.25, 0.3) is 0 Å². The number of Topliss-reactive ketones (excluding diaryl/α,β-unsaturated/α-hetero) is 1. The van der Waals surface area contributed by atoms with Gasteiger partial charge in [0.2, 0.25) is 0 Å². The first-order valence-electron chi connectivity index (χ1n) is 8.30. The summed E-state index contributed by atoms with van der Waals surface area (Å²) in [5.74, 6) is -2.58. The van der Waals surface area contributed by atoms with Crippen molar-refractivity contribution in [2.24, 2.45) is 5.92 Å². The lowest BCUT2D eigenvalue weighted by atomic mass is 9.82. The molecule has 0 aromatic heterocycles. The number of carbonyl (C=O) groups is 1. The highest BCUT2D eigenvalue weighted by atomic mass is 16.5. The van der Waals surface area contributed by atoms with Crippen LogP contribution in [0.5, 0.6) is 34.5 Å². The third-order valence-corrected chi connectivity index (χ3v) is 4.54. The van der Waals surface area contributed by atoms with Crippen molar-refractivity contribution in [2.45, 2.75) is 32.3 Å². The summed E-state index contributed by atoms with van der Waals surface area (Å²) in [5, 5.41) is 48.9. The van der Waals surface area contributed by atoms with E-state index in [1.807, 2.05) is 6.92 Å². The van der Waals surface area contributed by atoms with Crippen LogP contribution >= 0.6 is 0 Å². The van der Waals surface area contributed by atoms with Crippen molar-refractivity contribution >= 4 is 5.78 Å². The fourth-order valence-corrected chi connectivity index (χ4v) is 3.28. The van der Waals surface area contributed by atoms with Gasteiger partial charge in [-0.25, -0.2) is 0 Å². The van der Waals surface area contributed by atoms with Crippen molar-refractivity contribution in [3.05, 3.63) is 35.4 Å². The number of phenolic OH excluding ortho intramolecular Hbond substituents is 5. The largest absolute Gasteiger partial charge is 0.508 e. The van der Waals surface area contributed by atoms with Crippen molar-refractivity contribution in [3.8, 4) is 34.5 Å². The Hall–Kier alpha value is -3.09. The van der Waals surface area contributed by atoms with Crippen LogP contribution in [0.4, 0.5) is 0 Å². The lowest BCUT2D eigenvalue weighted by molar-refractivity contribution is -0.126. The zero-order chi connectivity index (χ0) is 19.0. The fourth-order valence-electron chi connectivity index (χ4n) is 3.28. The van der Waals surface area contributed by atoms with Crippen molar-refractivity contribution in [1.82, 2.24) is 0 Å². The molecular weight excluding hydrogens is 340 g/mol. The van der Waals surface area contributed by atoms with Gasteiger partial charge in [0.25, 0.3) is 0 Å². The molecule has 2 aromatic carbocycles. The van der Waals surface area contributed by atoms with Crippen LogP contribution in [0, 0.1) is 5.92 Å². The number of benzene rings is 2. The molecule has 0 radical (unpaired) electrons. The SMILES string of the molecule is CCCC(=O)[C@@H]1Cc2c(O)cc(O)cc2O[C@@H]1c1cc(O)c(O)c(O)c1. The van der Waals surface area contributed by atoms with Crippen molar-refractivity contribution < 1.29 is 35.1 Å². The molecule has 7 heteroatoms. The average molecular weight is 360 g/mol. The number of ketones is 1. The Morgan fingerprint density at radius 3 is 2.31 bits per heavy atom. The Balaban J connectivity index is 2.09. The lowest BCUT2D eigenvalue weighted by Crippen LogP contribution is -2.32. The molecule has 0 unspecified atom stereocenters. The molecule has 0 saturated carbocycles. The number of hydrogen-bond acceptors (Lipinski definition) is 7. The molecule has 26 heavy (non-hydrogen) atoms. The van der Waals surface area contributed by atoms with Gasteiger partial charge in [-0.15, -0.1) is 0 Å². The Morgan fingerprint density at radius 2 is 1.69 bits per heavy atom. The summed E-state index contributed by atoms with van der Waals surface area (Å²) in [6.07, 6.45) is 0.296. The van der Waals surface area contributed by atoms with E-state index in [4.69, 9.17) is 4.74 Å². The second-order valence-corrected chi connectivity index (χ2v) is 6.41. The standard InChI is InChI=1S/C19H20O7/c1-2-3-13(21)12-8-11-14(22)6-10(20)7-17(11)26-19(12)9-4-15(23)18(25)16(24)5-9/h4-7,12,19-20,22-25H,2-3,8H2,1H3/t12-,19+/m0/s1. The van der Waals surface area contributed by atoms with E-state index >= 15 is 0 Å². The maximum atomic E-state index is 12.6. The first-order chi connectivity index (χ1) is 12.3. The molecule has 0 fully saturated rings. The molecule has 1 aliphatic heterocycles. The van der Waals surface area contributed by atoms with Gasteiger partial charge >= 0.3 is 0 Å². The molecule has 5 N–H and O–H groups in total. The van der Waals surface area contributed by atoms with Crippen LogP contribution in [-0.4, -0.2) is 31.3 Å². The van der Waals surface area contributed by atoms with Gasteiger partial charge < -0.3 is 30.3 Å². The Bertz CT molecular complexity index is 836. The minimum atomic E-state index is -0.847. The first kappa shape index (κ1) is 17.7. The smallest absolute Gasteiger partial charge is 0.200 e. The van der Waals surface area contributed by atoms with Gasteiger partial charge in [0.1, 0.15) is 29.1 Å². The summed E-state index contributed by atoms with van der Waals surface area (Å²) < 4.78 is 5.86. The second-order valence-electron chi connectivity index (χ2n) is 6.41. The molecule has 0 aliphatic carbocycles. The number of carbonyl (C=O) groups excluding carboxylic acids is 1. The van der Waals surface area contributed by atoms with Crippen LogP contribution in [0.15, 0.2) is 24.3 Å². The summed E-state index contributed by atoms with van der Waals surface area (Å²) in [4.78, 5) is 12.6. The van der Waals surface area contributed by atoms with E-state index in [9.17, 15) is 30.3 Å². The van der Waals surface area contributed by atoms with Gasteiger partial charge in [-0.05, 0) is 25.0 Å². The normalized spacial score (nSPS) is 18.8. The molecule has 1 aliphatic rings. The van der Waals surface area contributed by atoms with E-state index in [0.29, 0.717) is 24.0 Å². The number of aromatic hydroxyl groups is 5. The minimum Gasteiger partial charge on any atom is -0.508 e. The molecule has 0 spiro atoms. The average Bonchev–Trinajstić information content (AvgIpc) is 2.58. The summed E-state index contributed by atoms with van der Waals surface area (Å²) in [5.41, 5.74) is 0.724. The summed E-state index contributed by atoms with van der Waals surface area (Å²) in [6.45, 7) is 1.87. The van der Waals surface area contributed by atoms with Gasteiger partial charge in [-0.1, -0.05) is 6.92 Å². The molecule has 7 nitrogen and oxygen atoms in total. The summed E-state index contributed by atoms with van der Waals surface area (Å²) in [7, 11) is 0. The van der Waals surface area contributed by atoms with Crippen LogP contribution in [0.3, 0.4) is 0 Å². The molecule has 2 atom stereocenters. The molecule has 2 aromatic rings. The Morgan fingerprint density at radius 1 is 1.04 bits per heavy atom. The van der Waals surface area contributed by atoms with Crippen LogP contribution in [0.1, 0.15) is 37.0 Å². The lowest BCUT2D eigenvalue weighted by Gasteiger charge is -2.33. The van der Waals surface area contributed by atoms with Gasteiger partial charge in [-0.3, -0.25) is 4.79 Å². The number of hydrogen-bond donors (Lipinski definition) is 5. The number of fused-ring (bicyclic) bond motifs is 1. The van der Waals surface area contributed by atoms with E-state index in [-0.39, 0.29) is 29.5 Å². The first-order valence-corrected chi connectivity index (χ1v) is 8.30. The third kappa shape index (κ3) is 3.08. The third-order valence-electron chi connectivity index (χ3n) is 4.54. The maximum absolute atomic E-state index is 12.6. The zero-order valence-corrected chi connectivity index (χ0v) is 14.1. The maximum Gasteiger partial charge on any atom is 0.200 e. The highest BCUT2D eigenvalue weighted by molar-refractivity contribution is 5.83. The van der Waals surface area contributed by atoms with Crippen LogP contribution < -0.4 is 4.74 Å². The van der Waals surface area contributed by atoms with Gasteiger partial charge in [0, 0.05) is 29.7 Å². The molecule has 0 saturated heterocycles. The van der Waals surface area contributed by atoms with Gasteiger partial charge in [0.15, 0.2) is 17.2 Å². The monoisotopic (exact) mass is 360 g/mol. The van der Waals surface area contributed by atoms with Crippen LogP contribution in [0.2, 0.25) is 0 Å². The molecule has 0 amide bonds.